The Labute approximate surface area is 133 Å². The van der Waals surface area contributed by atoms with Gasteiger partial charge in [-0.05, 0) is 44.7 Å². The first-order chi connectivity index (χ1) is 10.3. The Morgan fingerprint density at radius 2 is 1.95 bits per heavy atom. The Morgan fingerprint density at radius 1 is 1.27 bits per heavy atom. The van der Waals surface area contributed by atoms with Gasteiger partial charge in [-0.15, -0.1) is 0 Å². The SMILES string of the molecule is CC(C)(C)OC(=O)NCc1cccc(C2(N)CCCCC2)c1. The first kappa shape index (κ1) is 16.8. The van der Waals surface area contributed by atoms with Crippen LogP contribution in [0.25, 0.3) is 0 Å². The molecule has 2 rings (SSSR count). The lowest BCUT2D eigenvalue weighted by Gasteiger charge is -2.34. The van der Waals surface area contributed by atoms with Crippen molar-refractivity contribution in [3.63, 3.8) is 0 Å². The number of ether oxygens (including phenoxy) is 1. The molecule has 0 heterocycles. The van der Waals surface area contributed by atoms with Crippen molar-refractivity contribution in [3.05, 3.63) is 35.4 Å². The number of carbonyl (C=O) groups is 1. The molecule has 1 aromatic rings. The molecule has 0 radical (unpaired) electrons. The van der Waals surface area contributed by atoms with Gasteiger partial charge in [0.1, 0.15) is 5.60 Å². The lowest BCUT2D eigenvalue weighted by atomic mass is 9.77. The Balaban J connectivity index is 1.98. The molecule has 0 unspecified atom stereocenters. The van der Waals surface area contributed by atoms with Crippen LogP contribution in [-0.4, -0.2) is 11.7 Å². The molecule has 1 saturated carbocycles. The van der Waals surface area contributed by atoms with Gasteiger partial charge in [0.05, 0.1) is 0 Å². The average molecular weight is 304 g/mol. The molecule has 122 valence electrons. The molecule has 22 heavy (non-hydrogen) atoms. The fourth-order valence-corrected chi connectivity index (χ4v) is 2.95. The first-order valence-electron chi connectivity index (χ1n) is 8.14. The summed E-state index contributed by atoms with van der Waals surface area (Å²) in [6.45, 7) is 6.02. The molecular formula is C18H28N2O2. The number of alkyl carbamates (subject to hydrolysis) is 1. The van der Waals surface area contributed by atoms with Gasteiger partial charge >= 0.3 is 6.09 Å². The van der Waals surface area contributed by atoms with Crippen molar-refractivity contribution in [2.45, 2.75) is 70.6 Å². The van der Waals surface area contributed by atoms with Gasteiger partial charge in [0.15, 0.2) is 0 Å². The minimum atomic E-state index is -0.477. The van der Waals surface area contributed by atoms with Gasteiger partial charge in [-0.2, -0.15) is 0 Å². The summed E-state index contributed by atoms with van der Waals surface area (Å²) in [7, 11) is 0. The minimum absolute atomic E-state index is 0.208. The van der Waals surface area contributed by atoms with Gasteiger partial charge in [0.2, 0.25) is 0 Å². The van der Waals surface area contributed by atoms with E-state index in [2.05, 4.69) is 17.4 Å². The molecule has 0 saturated heterocycles. The van der Waals surface area contributed by atoms with Gasteiger partial charge in [-0.25, -0.2) is 4.79 Å². The van der Waals surface area contributed by atoms with Crippen LogP contribution in [0.2, 0.25) is 0 Å². The van der Waals surface area contributed by atoms with Gasteiger partial charge in [0.25, 0.3) is 0 Å². The molecular weight excluding hydrogens is 276 g/mol. The zero-order valence-electron chi connectivity index (χ0n) is 13.9. The van der Waals surface area contributed by atoms with E-state index in [1.807, 2.05) is 32.9 Å². The standard InChI is InChI=1S/C18H28N2O2/c1-17(2,3)22-16(21)20-13-14-8-7-9-15(12-14)18(19)10-5-4-6-11-18/h7-9,12H,4-6,10-11,13,19H2,1-3H3,(H,20,21). The van der Waals surface area contributed by atoms with E-state index in [4.69, 9.17) is 10.5 Å². The van der Waals surface area contributed by atoms with Crippen LogP contribution in [0.4, 0.5) is 4.79 Å². The summed E-state index contributed by atoms with van der Waals surface area (Å²) >= 11 is 0. The number of hydrogen-bond donors (Lipinski definition) is 2. The molecule has 0 atom stereocenters. The van der Waals surface area contributed by atoms with Crippen LogP contribution in [0.3, 0.4) is 0 Å². The van der Waals surface area contributed by atoms with Crippen LogP contribution in [-0.2, 0) is 16.8 Å². The van der Waals surface area contributed by atoms with E-state index in [0.717, 1.165) is 18.4 Å². The second-order valence-corrected chi connectivity index (χ2v) is 7.27. The van der Waals surface area contributed by atoms with Crippen molar-refractivity contribution in [1.29, 1.82) is 0 Å². The van der Waals surface area contributed by atoms with Gasteiger partial charge in [-0.1, -0.05) is 43.5 Å². The van der Waals surface area contributed by atoms with E-state index < -0.39 is 11.7 Å². The fraction of sp³-hybridized carbons (Fsp3) is 0.611. The van der Waals surface area contributed by atoms with Crippen molar-refractivity contribution < 1.29 is 9.53 Å². The molecule has 4 heteroatoms. The van der Waals surface area contributed by atoms with Crippen LogP contribution in [0, 0.1) is 0 Å². The van der Waals surface area contributed by atoms with Crippen molar-refractivity contribution in [1.82, 2.24) is 5.32 Å². The Bertz CT molecular complexity index is 514. The summed E-state index contributed by atoms with van der Waals surface area (Å²) in [5.74, 6) is 0. The highest BCUT2D eigenvalue weighted by Crippen LogP contribution is 2.34. The molecule has 1 amide bonds. The highest BCUT2D eigenvalue weighted by Gasteiger charge is 2.29. The Morgan fingerprint density at radius 3 is 2.59 bits per heavy atom. The van der Waals surface area contributed by atoms with Crippen LogP contribution in [0.1, 0.15) is 64.0 Å². The van der Waals surface area contributed by atoms with Gasteiger partial charge in [0, 0.05) is 12.1 Å². The van der Waals surface area contributed by atoms with Crippen LogP contribution < -0.4 is 11.1 Å². The molecule has 0 aromatic heterocycles. The molecule has 1 aliphatic rings. The Kier molecular flexibility index (Phi) is 5.12. The first-order valence-corrected chi connectivity index (χ1v) is 8.14. The van der Waals surface area contributed by atoms with Crippen LogP contribution in [0.5, 0.6) is 0 Å². The van der Waals surface area contributed by atoms with E-state index in [-0.39, 0.29) is 5.54 Å². The summed E-state index contributed by atoms with van der Waals surface area (Å²) in [4.78, 5) is 11.7. The maximum atomic E-state index is 11.7. The number of nitrogens with one attached hydrogen (secondary N) is 1. The summed E-state index contributed by atoms with van der Waals surface area (Å²) in [5, 5.41) is 2.80. The second-order valence-electron chi connectivity index (χ2n) is 7.27. The van der Waals surface area contributed by atoms with Crippen LogP contribution >= 0.6 is 0 Å². The number of nitrogens with two attached hydrogens (primary N) is 1. The van der Waals surface area contributed by atoms with Crippen molar-refractivity contribution in [2.24, 2.45) is 5.73 Å². The third-order valence-electron chi connectivity index (χ3n) is 4.08. The monoisotopic (exact) mass is 304 g/mol. The molecule has 1 aliphatic carbocycles. The third kappa shape index (κ3) is 4.73. The fourth-order valence-electron chi connectivity index (χ4n) is 2.95. The maximum Gasteiger partial charge on any atom is 0.407 e. The summed E-state index contributed by atoms with van der Waals surface area (Å²) in [6, 6.07) is 8.24. The minimum Gasteiger partial charge on any atom is -0.444 e. The predicted molar refractivity (Wildman–Crippen MR) is 88.5 cm³/mol. The number of benzene rings is 1. The summed E-state index contributed by atoms with van der Waals surface area (Å²) < 4.78 is 5.25. The molecule has 0 spiro atoms. The summed E-state index contributed by atoms with van der Waals surface area (Å²) in [6.07, 6.45) is 5.34. The van der Waals surface area contributed by atoms with E-state index in [9.17, 15) is 4.79 Å². The van der Waals surface area contributed by atoms with Crippen molar-refractivity contribution in [2.75, 3.05) is 0 Å². The van der Waals surface area contributed by atoms with E-state index in [1.165, 1.54) is 24.8 Å². The zero-order chi connectivity index (χ0) is 16.2. The van der Waals surface area contributed by atoms with E-state index in [0.29, 0.717) is 6.54 Å². The summed E-state index contributed by atoms with van der Waals surface area (Å²) in [5.41, 5.74) is 8.12. The highest BCUT2D eigenvalue weighted by molar-refractivity contribution is 5.67. The lowest BCUT2D eigenvalue weighted by Crippen LogP contribution is -2.38. The smallest absolute Gasteiger partial charge is 0.407 e. The van der Waals surface area contributed by atoms with Crippen LogP contribution in [0.15, 0.2) is 24.3 Å². The quantitative estimate of drug-likeness (QED) is 0.892. The van der Waals surface area contributed by atoms with E-state index in [1.54, 1.807) is 0 Å². The molecule has 1 aromatic carbocycles. The predicted octanol–water partition coefficient (Wildman–Crippen LogP) is 3.83. The maximum absolute atomic E-state index is 11.7. The normalized spacial score (nSPS) is 17.8. The van der Waals surface area contributed by atoms with Gasteiger partial charge in [-0.3, -0.25) is 0 Å². The van der Waals surface area contributed by atoms with E-state index >= 15 is 0 Å². The Hall–Kier alpha value is -1.55. The molecule has 0 aliphatic heterocycles. The molecule has 0 bridgehead atoms. The topological polar surface area (TPSA) is 64.3 Å². The lowest BCUT2D eigenvalue weighted by molar-refractivity contribution is 0.0523. The van der Waals surface area contributed by atoms with Crippen molar-refractivity contribution in [3.8, 4) is 0 Å². The molecule has 1 fully saturated rings. The van der Waals surface area contributed by atoms with Crippen molar-refractivity contribution >= 4 is 6.09 Å². The number of carbonyl (C=O) groups excluding carboxylic acids is 1. The molecule has 4 nitrogen and oxygen atoms in total. The average Bonchev–Trinajstić information content (AvgIpc) is 2.44. The number of hydrogen-bond acceptors (Lipinski definition) is 3. The number of amides is 1. The van der Waals surface area contributed by atoms with Gasteiger partial charge < -0.3 is 15.8 Å². The number of rotatable bonds is 3. The second kappa shape index (κ2) is 6.69. The third-order valence-corrected chi connectivity index (χ3v) is 4.08. The zero-order valence-corrected chi connectivity index (χ0v) is 13.9. The molecule has 3 N–H and O–H groups in total. The highest BCUT2D eigenvalue weighted by atomic mass is 16.6. The largest absolute Gasteiger partial charge is 0.444 e.